The summed E-state index contributed by atoms with van der Waals surface area (Å²) in [6.07, 6.45) is 3.52. The van der Waals surface area contributed by atoms with Crippen molar-refractivity contribution in [2.75, 3.05) is 0 Å². The fourth-order valence-corrected chi connectivity index (χ4v) is 1.42. The highest BCUT2D eigenvalue weighted by Crippen LogP contribution is 2.20. The van der Waals surface area contributed by atoms with E-state index in [1.54, 1.807) is 23.9 Å². The fraction of sp³-hybridized carbons (Fsp3) is 0. The van der Waals surface area contributed by atoms with Crippen molar-refractivity contribution >= 4 is 21.4 Å². The van der Waals surface area contributed by atoms with Gasteiger partial charge < -0.3 is 4.42 Å². The van der Waals surface area contributed by atoms with Gasteiger partial charge in [0.05, 0.1) is 11.0 Å². The normalized spacial score (nSPS) is 10.5. The lowest BCUT2D eigenvalue weighted by atomic mass is 10.4. The number of furan rings is 1. The summed E-state index contributed by atoms with van der Waals surface area (Å²) in [5, 5.41) is 3.26. The molecule has 0 atom stereocenters. The van der Waals surface area contributed by atoms with Crippen LogP contribution in [0.25, 0.3) is 10.1 Å². The minimum atomic E-state index is 1.20. The van der Waals surface area contributed by atoms with Crippen molar-refractivity contribution in [3.05, 3.63) is 24.0 Å². The Morgan fingerprint density at radius 2 is 2.38 bits per heavy atom. The molecule has 2 aromatic rings. The Morgan fingerprint density at radius 1 is 1.38 bits per heavy atom. The SMILES string of the molecule is c1cc2cocc2s1. The molecule has 2 heterocycles. The van der Waals surface area contributed by atoms with Crippen LogP contribution in [-0.4, -0.2) is 0 Å². The second-order valence-electron chi connectivity index (χ2n) is 1.61. The number of rotatable bonds is 0. The first-order valence-corrected chi connectivity index (χ1v) is 3.24. The zero-order chi connectivity index (χ0) is 5.40. The monoisotopic (exact) mass is 124 g/mol. The van der Waals surface area contributed by atoms with E-state index in [4.69, 9.17) is 4.42 Å². The molecule has 0 saturated heterocycles. The Kier molecular flexibility index (Phi) is 0.704. The summed E-state index contributed by atoms with van der Waals surface area (Å²) in [5.41, 5.74) is 0. The van der Waals surface area contributed by atoms with Crippen molar-refractivity contribution in [1.29, 1.82) is 0 Å². The van der Waals surface area contributed by atoms with E-state index in [9.17, 15) is 0 Å². The van der Waals surface area contributed by atoms with Crippen LogP contribution in [0.2, 0.25) is 0 Å². The van der Waals surface area contributed by atoms with Gasteiger partial charge in [-0.2, -0.15) is 0 Å². The highest BCUT2D eigenvalue weighted by atomic mass is 32.1. The average Bonchev–Trinajstić information content (AvgIpc) is 2.15. The number of hydrogen-bond acceptors (Lipinski definition) is 2. The van der Waals surface area contributed by atoms with Crippen LogP contribution in [0, 0.1) is 0 Å². The molecule has 0 aliphatic heterocycles. The van der Waals surface area contributed by atoms with E-state index in [0.29, 0.717) is 0 Å². The third-order valence-corrected chi connectivity index (χ3v) is 1.96. The lowest BCUT2D eigenvalue weighted by Crippen LogP contribution is -1.37. The predicted molar refractivity (Wildman–Crippen MR) is 34.1 cm³/mol. The first-order chi connectivity index (χ1) is 3.97. The van der Waals surface area contributed by atoms with Crippen molar-refractivity contribution in [2.24, 2.45) is 0 Å². The zero-order valence-electron chi connectivity index (χ0n) is 4.13. The molecule has 0 bridgehead atoms. The van der Waals surface area contributed by atoms with E-state index >= 15 is 0 Å². The Balaban J connectivity index is 3.06. The average molecular weight is 124 g/mol. The third kappa shape index (κ3) is 0.406. The van der Waals surface area contributed by atoms with Crippen LogP contribution < -0.4 is 0 Å². The molecule has 0 unspecified atom stereocenters. The maximum atomic E-state index is 4.92. The van der Waals surface area contributed by atoms with Gasteiger partial charge in [0.1, 0.15) is 6.26 Å². The Bertz CT molecular complexity index is 230. The van der Waals surface area contributed by atoms with Crippen LogP contribution in [0.3, 0.4) is 0 Å². The molecule has 0 aromatic carbocycles. The van der Waals surface area contributed by atoms with Gasteiger partial charge in [0.25, 0.3) is 0 Å². The van der Waals surface area contributed by atoms with E-state index in [1.165, 1.54) is 10.1 Å². The number of thiophene rings is 1. The highest BCUT2D eigenvalue weighted by molar-refractivity contribution is 7.17. The molecule has 0 fully saturated rings. The highest BCUT2D eigenvalue weighted by Gasteiger charge is 1.92. The van der Waals surface area contributed by atoms with Crippen LogP contribution in [0.15, 0.2) is 28.4 Å². The van der Waals surface area contributed by atoms with Gasteiger partial charge in [0.2, 0.25) is 0 Å². The predicted octanol–water partition coefficient (Wildman–Crippen LogP) is 2.49. The second-order valence-corrected chi connectivity index (χ2v) is 2.56. The van der Waals surface area contributed by atoms with Gasteiger partial charge in [-0.05, 0) is 11.4 Å². The van der Waals surface area contributed by atoms with E-state index in [0.717, 1.165) is 0 Å². The molecule has 2 heteroatoms. The molecule has 0 spiro atoms. The van der Waals surface area contributed by atoms with Crippen molar-refractivity contribution in [3.63, 3.8) is 0 Å². The van der Waals surface area contributed by atoms with Gasteiger partial charge in [0, 0.05) is 5.39 Å². The lowest BCUT2D eigenvalue weighted by molar-refractivity contribution is 0.573. The largest absolute Gasteiger partial charge is 0.470 e. The smallest absolute Gasteiger partial charge is 0.108 e. The van der Waals surface area contributed by atoms with Crippen molar-refractivity contribution < 1.29 is 4.42 Å². The summed E-state index contributed by atoms with van der Waals surface area (Å²) >= 11 is 1.70. The summed E-state index contributed by atoms with van der Waals surface area (Å²) in [4.78, 5) is 0. The summed E-state index contributed by atoms with van der Waals surface area (Å²) < 4.78 is 6.14. The van der Waals surface area contributed by atoms with Gasteiger partial charge >= 0.3 is 0 Å². The van der Waals surface area contributed by atoms with Crippen LogP contribution >= 0.6 is 11.3 Å². The molecule has 0 aliphatic rings. The molecule has 0 aliphatic carbocycles. The topological polar surface area (TPSA) is 13.1 Å². The Hall–Kier alpha value is -0.760. The Morgan fingerprint density at radius 3 is 3.25 bits per heavy atom. The van der Waals surface area contributed by atoms with Crippen molar-refractivity contribution in [1.82, 2.24) is 0 Å². The molecular formula is C6H4OS. The summed E-state index contributed by atoms with van der Waals surface area (Å²) in [6.45, 7) is 0. The third-order valence-electron chi connectivity index (χ3n) is 1.10. The van der Waals surface area contributed by atoms with Crippen molar-refractivity contribution in [2.45, 2.75) is 0 Å². The minimum absolute atomic E-state index is 1.20. The zero-order valence-corrected chi connectivity index (χ0v) is 4.94. The fourth-order valence-electron chi connectivity index (χ4n) is 0.693. The van der Waals surface area contributed by atoms with E-state index < -0.39 is 0 Å². The van der Waals surface area contributed by atoms with Gasteiger partial charge in [-0.15, -0.1) is 11.3 Å². The standard InChI is InChI=1S/C6H4OS/c1-2-8-6-4-7-3-5(1)6/h1-4H. The summed E-state index contributed by atoms with van der Waals surface area (Å²) in [5.74, 6) is 0. The van der Waals surface area contributed by atoms with Crippen LogP contribution in [-0.2, 0) is 0 Å². The summed E-state index contributed by atoms with van der Waals surface area (Å²) in [6, 6.07) is 2.05. The quantitative estimate of drug-likeness (QED) is 0.526. The van der Waals surface area contributed by atoms with E-state index in [1.807, 2.05) is 6.07 Å². The summed E-state index contributed by atoms with van der Waals surface area (Å²) in [7, 11) is 0. The van der Waals surface area contributed by atoms with Crippen molar-refractivity contribution in [3.8, 4) is 0 Å². The van der Waals surface area contributed by atoms with Gasteiger partial charge in [-0.3, -0.25) is 0 Å². The number of hydrogen-bond donors (Lipinski definition) is 0. The molecule has 1 nitrogen and oxygen atoms in total. The van der Waals surface area contributed by atoms with Gasteiger partial charge in [0.15, 0.2) is 0 Å². The molecule has 2 aromatic heterocycles. The minimum Gasteiger partial charge on any atom is -0.470 e. The lowest BCUT2D eigenvalue weighted by Gasteiger charge is -1.60. The molecule has 0 N–H and O–H groups in total. The van der Waals surface area contributed by atoms with Crippen LogP contribution in [0.1, 0.15) is 0 Å². The molecule has 2 rings (SSSR count). The molecular weight excluding hydrogens is 120 g/mol. The molecule has 40 valence electrons. The molecule has 0 saturated carbocycles. The second kappa shape index (κ2) is 1.36. The maximum Gasteiger partial charge on any atom is 0.108 e. The van der Waals surface area contributed by atoms with Gasteiger partial charge in [-0.25, -0.2) is 0 Å². The molecule has 8 heavy (non-hydrogen) atoms. The van der Waals surface area contributed by atoms with Crippen LogP contribution in [0.4, 0.5) is 0 Å². The maximum absolute atomic E-state index is 4.92. The molecule has 0 amide bonds. The first kappa shape index (κ1) is 4.15. The first-order valence-electron chi connectivity index (χ1n) is 2.36. The Labute approximate surface area is 50.5 Å². The van der Waals surface area contributed by atoms with E-state index in [2.05, 4.69) is 5.38 Å². The van der Waals surface area contributed by atoms with E-state index in [-0.39, 0.29) is 0 Å². The van der Waals surface area contributed by atoms with Gasteiger partial charge in [-0.1, -0.05) is 0 Å². The number of fused-ring (bicyclic) bond motifs is 1. The van der Waals surface area contributed by atoms with Crippen LogP contribution in [0.5, 0.6) is 0 Å². The molecule has 0 radical (unpaired) electrons.